The molecule has 2 aromatic heterocycles. The van der Waals surface area contributed by atoms with Crippen molar-refractivity contribution in [2.75, 3.05) is 5.32 Å². The monoisotopic (exact) mass is 541 g/mol. The minimum atomic E-state index is -0.943. The van der Waals surface area contributed by atoms with Crippen LogP contribution in [0.4, 0.5) is 5.82 Å². The van der Waals surface area contributed by atoms with Crippen molar-refractivity contribution in [2.24, 2.45) is 5.92 Å². The third-order valence-electron chi connectivity index (χ3n) is 7.07. The smallest absolute Gasteiger partial charge is 0.271 e. The van der Waals surface area contributed by atoms with E-state index in [9.17, 15) is 14.7 Å². The largest absolute Gasteiger partial charge is 0.455 e. The fourth-order valence-electron chi connectivity index (χ4n) is 5.23. The Morgan fingerprint density at radius 1 is 1.10 bits per heavy atom. The second kappa shape index (κ2) is 11.9. The SMILES string of the molecule is CC(C)(O)Cn1ccc(NC(=O)C(CC2CCCC2)n2ncc(Oc3ccccc3-c3ccccc3)cc2=O)n1. The van der Waals surface area contributed by atoms with Crippen molar-refractivity contribution < 1.29 is 14.6 Å². The average molecular weight is 542 g/mol. The van der Waals surface area contributed by atoms with Gasteiger partial charge in [0.2, 0.25) is 0 Å². The van der Waals surface area contributed by atoms with Crippen LogP contribution in [0.2, 0.25) is 0 Å². The van der Waals surface area contributed by atoms with Crippen molar-refractivity contribution in [3.05, 3.63) is 89.5 Å². The zero-order valence-electron chi connectivity index (χ0n) is 22.9. The number of carbonyl (C=O) groups excluding carboxylic acids is 1. The summed E-state index contributed by atoms with van der Waals surface area (Å²) >= 11 is 0. The van der Waals surface area contributed by atoms with E-state index in [4.69, 9.17) is 4.74 Å². The zero-order valence-corrected chi connectivity index (χ0v) is 22.9. The van der Waals surface area contributed by atoms with Gasteiger partial charge in [-0.3, -0.25) is 14.3 Å². The van der Waals surface area contributed by atoms with Crippen LogP contribution >= 0.6 is 0 Å². The van der Waals surface area contributed by atoms with Crippen LogP contribution in [0, 0.1) is 5.92 Å². The van der Waals surface area contributed by atoms with E-state index in [0.717, 1.165) is 36.8 Å². The number of anilines is 1. The normalized spacial score (nSPS) is 14.7. The van der Waals surface area contributed by atoms with Crippen LogP contribution in [-0.4, -0.2) is 36.2 Å². The summed E-state index contributed by atoms with van der Waals surface area (Å²) < 4.78 is 8.92. The van der Waals surface area contributed by atoms with E-state index < -0.39 is 17.2 Å². The van der Waals surface area contributed by atoms with Crippen molar-refractivity contribution >= 4 is 11.7 Å². The van der Waals surface area contributed by atoms with E-state index in [-0.39, 0.29) is 12.5 Å². The number of rotatable bonds is 10. The number of hydrogen-bond acceptors (Lipinski definition) is 6. The predicted octanol–water partition coefficient (Wildman–Crippen LogP) is 5.43. The molecule has 0 spiro atoms. The number of aliphatic hydroxyl groups is 1. The number of amides is 1. The number of carbonyl (C=O) groups is 1. The summed E-state index contributed by atoms with van der Waals surface area (Å²) in [4.78, 5) is 26.8. The standard InChI is InChI=1S/C31H35N5O4/c1-31(2,39)21-35-17-16-28(34-35)33-30(38)26(18-22-10-6-7-11-22)36-29(37)19-24(20-32-36)40-27-15-9-8-14-25(27)23-12-4-3-5-13-23/h3-5,8-9,12-17,19-20,22,26,39H,6-7,10-11,18,21H2,1-2H3,(H,33,34,38). The number of para-hydroxylation sites is 1. The Kier molecular flexibility index (Phi) is 8.11. The maximum atomic E-state index is 13.5. The molecule has 2 aromatic carbocycles. The van der Waals surface area contributed by atoms with Gasteiger partial charge in [-0.25, -0.2) is 4.68 Å². The summed E-state index contributed by atoms with van der Waals surface area (Å²) in [5.74, 6) is 1.25. The Balaban J connectivity index is 1.37. The fraction of sp³-hybridized carbons (Fsp3) is 0.355. The van der Waals surface area contributed by atoms with Crippen LogP contribution in [0.15, 0.2) is 83.9 Å². The molecular formula is C31H35N5O4. The predicted molar refractivity (Wildman–Crippen MR) is 153 cm³/mol. The summed E-state index contributed by atoms with van der Waals surface area (Å²) in [5, 5.41) is 21.7. The first kappa shape index (κ1) is 27.3. The molecule has 0 bridgehead atoms. The Morgan fingerprint density at radius 3 is 2.55 bits per heavy atom. The number of benzene rings is 2. The molecule has 1 aliphatic rings. The molecule has 40 heavy (non-hydrogen) atoms. The van der Waals surface area contributed by atoms with E-state index >= 15 is 0 Å². The minimum Gasteiger partial charge on any atom is -0.455 e. The zero-order chi connectivity index (χ0) is 28.1. The topological polar surface area (TPSA) is 111 Å². The molecule has 9 nitrogen and oxygen atoms in total. The molecule has 1 unspecified atom stereocenters. The number of nitrogens with zero attached hydrogens (tertiary/aromatic N) is 4. The summed E-state index contributed by atoms with van der Waals surface area (Å²) in [6, 6.07) is 19.8. The van der Waals surface area contributed by atoms with Gasteiger partial charge in [-0.05, 0) is 37.8 Å². The van der Waals surface area contributed by atoms with E-state index in [1.807, 2.05) is 54.6 Å². The van der Waals surface area contributed by atoms with Crippen molar-refractivity contribution in [3.8, 4) is 22.6 Å². The molecule has 2 heterocycles. The molecule has 1 fully saturated rings. The van der Waals surface area contributed by atoms with Crippen LogP contribution in [0.25, 0.3) is 11.1 Å². The molecule has 5 rings (SSSR count). The van der Waals surface area contributed by atoms with Gasteiger partial charge in [0.25, 0.3) is 11.5 Å². The highest BCUT2D eigenvalue weighted by molar-refractivity contribution is 5.92. The van der Waals surface area contributed by atoms with Gasteiger partial charge < -0.3 is 15.2 Å². The van der Waals surface area contributed by atoms with E-state index in [1.54, 1.807) is 30.8 Å². The van der Waals surface area contributed by atoms with Gasteiger partial charge >= 0.3 is 0 Å². The molecule has 0 radical (unpaired) electrons. The maximum absolute atomic E-state index is 13.5. The molecule has 0 aliphatic heterocycles. The number of aromatic nitrogens is 4. The van der Waals surface area contributed by atoms with Crippen LogP contribution in [-0.2, 0) is 11.3 Å². The third-order valence-corrected chi connectivity index (χ3v) is 7.07. The van der Waals surface area contributed by atoms with E-state index in [1.165, 1.54) is 16.9 Å². The first-order valence-electron chi connectivity index (χ1n) is 13.7. The van der Waals surface area contributed by atoms with Gasteiger partial charge in [0.05, 0.1) is 18.3 Å². The molecule has 9 heteroatoms. The summed E-state index contributed by atoms with van der Waals surface area (Å²) in [7, 11) is 0. The van der Waals surface area contributed by atoms with Crippen molar-refractivity contribution in [2.45, 2.75) is 64.1 Å². The van der Waals surface area contributed by atoms with Crippen LogP contribution in [0.3, 0.4) is 0 Å². The quantitative estimate of drug-likeness (QED) is 0.277. The molecule has 1 aliphatic carbocycles. The first-order chi connectivity index (χ1) is 19.2. The van der Waals surface area contributed by atoms with Crippen molar-refractivity contribution in [3.63, 3.8) is 0 Å². The summed E-state index contributed by atoms with van der Waals surface area (Å²) in [5.41, 5.74) is 0.536. The molecular weight excluding hydrogens is 506 g/mol. The van der Waals surface area contributed by atoms with Gasteiger partial charge in [-0.2, -0.15) is 10.2 Å². The lowest BCUT2D eigenvalue weighted by molar-refractivity contribution is -0.120. The lowest BCUT2D eigenvalue weighted by Gasteiger charge is -2.21. The summed E-state index contributed by atoms with van der Waals surface area (Å²) in [6.45, 7) is 3.66. The number of hydrogen-bond donors (Lipinski definition) is 2. The molecule has 0 saturated heterocycles. The van der Waals surface area contributed by atoms with Gasteiger partial charge in [-0.1, -0.05) is 74.2 Å². The Bertz CT molecular complexity index is 1500. The lowest BCUT2D eigenvalue weighted by atomic mass is 9.98. The van der Waals surface area contributed by atoms with Gasteiger partial charge in [0, 0.05) is 23.9 Å². The van der Waals surface area contributed by atoms with Crippen molar-refractivity contribution in [1.82, 2.24) is 19.6 Å². The Labute approximate surface area is 233 Å². The molecule has 1 amide bonds. The molecule has 208 valence electrons. The maximum Gasteiger partial charge on any atom is 0.271 e. The third kappa shape index (κ3) is 6.84. The molecule has 1 saturated carbocycles. The molecule has 2 N–H and O–H groups in total. The minimum absolute atomic E-state index is 0.282. The molecule has 4 aromatic rings. The Hall–Kier alpha value is -4.24. The van der Waals surface area contributed by atoms with Gasteiger partial charge in [-0.15, -0.1) is 0 Å². The van der Waals surface area contributed by atoms with Crippen molar-refractivity contribution in [1.29, 1.82) is 0 Å². The fourth-order valence-corrected chi connectivity index (χ4v) is 5.23. The highest BCUT2D eigenvalue weighted by atomic mass is 16.5. The first-order valence-corrected chi connectivity index (χ1v) is 13.7. The highest BCUT2D eigenvalue weighted by Crippen LogP contribution is 2.34. The average Bonchev–Trinajstić information content (AvgIpc) is 3.59. The second-order valence-electron chi connectivity index (χ2n) is 11.0. The van der Waals surface area contributed by atoms with Crippen LogP contribution in [0.1, 0.15) is 52.0 Å². The lowest BCUT2D eigenvalue weighted by Crippen LogP contribution is -2.36. The van der Waals surface area contributed by atoms with Crippen LogP contribution in [0.5, 0.6) is 11.5 Å². The Morgan fingerprint density at radius 2 is 1.82 bits per heavy atom. The van der Waals surface area contributed by atoms with Crippen LogP contribution < -0.4 is 15.6 Å². The highest BCUT2D eigenvalue weighted by Gasteiger charge is 2.29. The van der Waals surface area contributed by atoms with E-state index in [0.29, 0.717) is 29.7 Å². The van der Waals surface area contributed by atoms with Gasteiger partial charge in [0.1, 0.15) is 11.8 Å². The molecule has 1 atom stereocenters. The van der Waals surface area contributed by atoms with E-state index in [2.05, 4.69) is 15.5 Å². The number of ether oxygens (including phenoxy) is 1. The van der Waals surface area contributed by atoms with Gasteiger partial charge in [0.15, 0.2) is 11.6 Å². The summed E-state index contributed by atoms with van der Waals surface area (Å²) in [6.07, 6.45) is 7.98. The number of nitrogens with one attached hydrogen (secondary N) is 1. The second-order valence-corrected chi connectivity index (χ2v) is 11.0.